The van der Waals surface area contributed by atoms with Crippen molar-refractivity contribution in [2.24, 2.45) is 0 Å². The standard InChI is InChI=1S/C20H18F2N4O2/c1-11-6-7-26(17-8-13(21)3-5-15(17)22)20(28)18(11)19(27)24-14-4-2-12-10-23-25-16(12)9-14/h3,5-8,10,14H,2,4,9H2,1H3,(H,23,25)(H,24,27). The number of nitrogens with zero attached hydrogens (tertiary/aromatic N) is 2. The molecule has 6 nitrogen and oxygen atoms in total. The zero-order valence-electron chi connectivity index (χ0n) is 15.1. The first kappa shape index (κ1) is 18.1. The molecular formula is C20H18F2N4O2. The summed E-state index contributed by atoms with van der Waals surface area (Å²) in [5, 5.41) is 9.81. The van der Waals surface area contributed by atoms with Crippen molar-refractivity contribution in [1.82, 2.24) is 20.1 Å². The molecule has 0 spiro atoms. The van der Waals surface area contributed by atoms with Crippen molar-refractivity contribution in [2.45, 2.75) is 32.2 Å². The molecule has 0 aliphatic heterocycles. The minimum absolute atomic E-state index is 0.0819. The van der Waals surface area contributed by atoms with Crippen LogP contribution in [0.25, 0.3) is 5.69 Å². The van der Waals surface area contributed by atoms with Crippen LogP contribution in [0.2, 0.25) is 0 Å². The van der Waals surface area contributed by atoms with E-state index < -0.39 is 23.1 Å². The van der Waals surface area contributed by atoms with Crippen LogP contribution in [-0.2, 0) is 12.8 Å². The number of pyridine rings is 1. The molecule has 1 unspecified atom stereocenters. The Hall–Kier alpha value is -3.29. The number of aromatic amines is 1. The van der Waals surface area contributed by atoms with Gasteiger partial charge in [-0.3, -0.25) is 19.3 Å². The average Bonchev–Trinajstić information content (AvgIpc) is 3.12. The molecule has 144 valence electrons. The monoisotopic (exact) mass is 384 g/mol. The summed E-state index contributed by atoms with van der Waals surface area (Å²) in [6, 6.07) is 4.24. The van der Waals surface area contributed by atoms with E-state index >= 15 is 0 Å². The van der Waals surface area contributed by atoms with Gasteiger partial charge in [-0.2, -0.15) is 5.10 Å². The lowest BCUT2D eigenvalue weighted by Gasteiger charge is -2.23. The van der Waals surface area contributed by atoms with Crippen LogP contribution in [0.3, 0.4) is 0 Å². The van der Waals surface area contributed by atoms with E-state index in [1.54, 1.807) is 13.1 Å². The van der Waals surface area contributed by atoms with Gasteiger partial charge in [-0.1, -0.05) is 0 Å². The van der Waals surface area contributed by atoms with Crippen molar-refractivity contribution >= 4 is 5.91 Å². The number of carbonyl (C=O) groups is 1. The molecule has 0 bridgehead atoms. The number of amides is 1. The average molecular weight is 384 g/mol. The van der Waals surface area contributed by atoms with Crippen molar-refractivity contribution in [1.29, 1.82) is 0 Å². The van der Waals surface area contributed by atoms with Gasteiger partial charge in [0.15, 0.2) is 0 Å². The molecule has 2 aromatic heterocycles. The number of hydrogen-bond acceptors (Lipinski definition) is 3. The molecule has 8 heteroatoms. The normalized spacial score (nSPS) is 15.9. The zero-order valence-corrected chi connectivity index (χ0v) is 15.1. The van der Waals surface area contributed by atoms with Crippen LogP contribution in [0.4, 0.5) is 8.78 Å². The highest BCUT2D eigenvalue weighted by Crippen LogP contribution is 2.19. The zero-order chi connectivity index (χ0) is 19.8. The Balaban J connectivity index is 1.65. The lowest BCUT2D eigenvalue weighted by molar-refractivity contribution is 0.0931. The van der Waals surface area contributed by atoms with Crippen LogP contribution >= 0.6 is 0 Å². The van der Waals surface area contributed by atoms with Gasteiger partial charge in [0.25, 0.3) is 11.5 Å². The van der Waals surface area contributed by atoms with Gasteiger partial charge in [-0.25, -0.2) is 8.78 Å². The molecular weight excluding hydrogens is 366 g/mol. The highest BCUT2D eigenvalue weighted by Gasteiger charge is 2.24. The summed E-state index contributed by atoms with van der Waals surface area (Å²) in [6.07, 6.45) is 5.23. The molecule has 1 amide bonds. The predicted molar refractivity (Wildman–Crippen MR) is 98.6 cm³/mol. The van der Waals surface area contributed by atoms with Crippen molar-refractivity contribution in [3.63, 3.8) is 0 Å². The third kappa shape index (κ3) is 3.21. The number of fused-ring (bicyclic) bond motifs is 1. The fraction of sp³-hybridized carbons (Fsp3) is 0.250. The van der Waals surface area contributed by atoms with E-state index in [9.17, 15) is 18.4 Å². The number of H-pyrrole nitrogens is 1. The molecule has 2 N–H and O–H groups in total. The number of benzene rings is 1. The van der Waals surface area contributed by atoms with Crippen molar-refractivity contribution in [3.8, 4) is 5.69 Å². The number of carbonyl (C=O) groups excluding carboxylic acids is 1. The fourth-order valence-electron chi connectivity index (χ4n) is 3.55. The van der Waals surface area contributed by atoms with Gasteiger partial charge >= 0.3 is 0 Å². The van der Waals surface area contributed by atoms with Crippen LogP contribution in [0, 0.1) is 18.6 Å². The van der Waals surface area contributed by atoms with Gasteiger partial charge in [-0.05, 0) is 49.1 Å². The minimum atomic E-state index is -0.752. The molecule has 0 saturated heterocycles. The second-order valence-corrected chi connectivity index (χ2v) is 6.93. The Morgan fingerprint density at radius 1 is 1.32 bits per heavy atom. The molecule has 1 aliphatic rings. The summed E-state index contributed by atoms with van der Waals surface area (Å²) >= 11 is 0. The molecule has 1 atom stereocenters. The number of rotatable bonds is 3. The predicted octanol–water partition coefficient (Wildman–Crippen LogP) is 2.43. The molecule has 4 rings (SSSR count). The van der Waals surface area contributed by atoms with E-state index in [1.807, 2.05) is 0 Å². The Morgan fingerprint density at radius 3 is 2.96 bits per heavy atom. The fourth-order valence-corrected chi connectivity index (χ4v) is 3.55. The summed E-state index contributed by atoms with van der Waals surface area (Å²) in [4.78, 5) is 25.7. The highest BCUT2D eigenvalue weighted by molar-refractivity contribution is 5.95. The summed E-state index contributed by atoms with van der Waals surface area (Å²) < 4.78 is 28.6. The second kappa shape index (κ2) is 7.03. The Morgan fingerprint density at radius 2 is 2.14 bits per heavy atom. The summed E-state index contributed by atoms with van der Waals surface area (Å²) in [5.41, 5.74) is 1.56. The molecule has 0 fully saturated rings. The molecule has 0 saturated carbocycles. The maximum Gasteiger partial charge on any atom is 0.268 e. The van der Waals surface area contributed by atoms with Crippen LogP contribution < -0.4 is 10.9 Å². The van der Waals surface area contributed by atoms with Crippen LogP contribution in [0.15, 0.2) is 41.5 Å². The van der Waals surface area contributed by atoms with Crippen LogP contribution in [0.1, 0.15) is 33.6 Å². The van der Waals surface area contributed by atoms with Gasteiger partial charge in [0.2, 0.25) is 0 Å². The third-order valence-corrected chi connectivity index (χ3v) is 5.05. The lowest BCUT2D eigenvalue weighted by Crippen LogP contribution is -2.42. The smallest absolute Gasteiger partial charge is 0.268 e. The van der Waals surface area contributed by atoms with Gasteiger partial charge in [0, 0.05) is 30.4 Å². The van der Waals surface area contributed by atoms with E-state index in [1.165, 1.54) is 12.3 Å². The van der Waals surface area contributed by atoms with Crippen molar-refractivity contribution < 1.29 is 13.6 Å². The topological polar surface area (TPSA) is 79.8 Å². The van der Waals surface area contributed by atoms with Crippen LogP contribution in [0.5, 0.6) is 0 Å². The van der Waals surface area contributed by atoms with E-state index in [4.69, 9.17) is 0 Å². The Kier molecular flexibility index (Phi) is 4.54. The van der Waals surface area contributed by atoms with Gasteiger partial charge in [-0.15, -0.1) is 0 Å². The number of hydrogen-bond donors (Lipinski definition) is 2. The Labute approximate surface area is 159 Å². The summed E-state index contributed by atoms with van der Waals surface area (Å²) in [6.45, 7) is 1.64. The van der Waals surface area contributed by atoms with E-state index in [-0.39, 0.29) is 17.3 Å². The third-order valence-electron chi connectivity index (χ3n) is 5.05. The first-order chi connectivity index (χ1) is 13.4. The number of aromatic nitrogens is 3. The largest absolute Gasteiger partial charge is 0.349 e. The lowest BCUT2D eigenvalue weighted by atomic mass is 9.93. The molecule has 0 radical (unpaired) electrons. The maximum absolute atomic E-state index is 14.1. The number of nitrogens with one attached hydrogen (secondary N) is 2. The summed E-state index contributed by atoms with van der Waals surface area (Å²) in [7, 11) is 0. The Bertz CT molecular complexity index is 1120. The van der Waals surface area contributed by atoms with Crippen molar-refractivity contribution in [2.75, 3.05) is 0 Å². The SMILES string of the molecule is Cc1ccn(-c2cc(F)ccc2F)c(=O)c1C(=O)NC1CCc2cn[nH]c2C1. The quantitative estimate of drug-likeness (QED) is 0.728. The summed E-state index contributed by atoms with van der Waals surface area (Å²) in [5.74, 6) is -1.95. The van der Waals surface area contributed by atoms with E-state index in [0.717, 1.165) is 46.9 Å². The van der Waals surface area contributed by atoms with Gasteiger partial charge < -0.3 is 5.32 Å². The molecule has 3 aromatic rings. The minimum Gasteiger partial charge on any atom is -0.349 e. The highest BCUT2D eigenvalue weighted by atomic mass is 19.1. The van der Waals surface area contributed by atoms with E-state index in [2.05, 4.69) is 15.5 Å². The maximum atomic E-state index is 14.1. The second-order valence-electron chi connectivity index (χ2n) is 6.93. The molecule has 1 aliphatic carbocycles. The van der Waals surface area contributed by atoms with E-state index in [0.29, 0.717) is 12.0 Å². The first-order valence-electron chi connectivity index (χ1n) is 8.93. The molecule has 2 heterocycles. The first-order valence-corrected chi connectivity index (χ1v) is 8.93. The van der Waals surface area contributed by atoms with Gasteiger partial charge in [0.1, 0.15) is 17.2 Å². The number of aryl methyl sites for hydroxylation is 2. The molecule has 28 heavy (non-hydrogen) atoms. The number of halogens is 2. The van der Waals surface area contributed by atoms with Crippen molar-refractivity contribution in [3.05, 3.63) is 81.0 Å². The van der Waals surface area contributed by atoms with Crippen LogP contribution in [-0.4, -0.2) is 26.7 Å². The molecule has 1 aromatic carbocycles. The van der Waals surface area contributed by atoms with Gasteiger partial charge in [0.05, 0.1) is 11.9 Å².